The lowest BCUT2D eigenvalue weighted by molar-refractivity contribution is -0.202. The zero-order valence-corrected chi connectivity index (χ0v) is 26.1. The highest BCUT2D eigenvalue weighted by Gasteiger charge is 2.65. The Balaban J connectivity index is 1.59. The summed E-state index contributed by atoms with van der Waals surface area (Å²) in [6.45, 7) is 24.5. The van der Waals surface area contributed by atoms with E-state index in [9.17, 15) is 5.11 Å². The van der Waals surface area contributed by atoms with E-state index in [0.717, 1.165) is 24.2 Å². The van der Waals surface area contributed by atoms with Crippen molar-refractivity contribution in [1.29, 1.82) is 0 Å². The largest absolute Gasteiger partial charge is 0.414 e. The second kappa shape index (κ2) is 9.71. The molecule has 0 saturated heterocycles. The Morgan fingerprint density at radius 3 is 2.17 bits per heavy atom. The van der Waals surface area contributed by atoms with Gasteiger partial charge in [-0.3, -0.25) is 0 Å². The molecule has 4 unspecified atom stereocenters. The number of fused-ring (bicyclic) bond motifs is 5. The zero-order valence-electron chi connectivity index (χ0n) is 25.1. The number of hydrogen-bond donors (Lipinski definition) is 1. The summed E-state index contributed by atoms with van der Waals surface area (Å²) < 4.78 is 7.01. The summed E-state index contributed by atoms with van der Waals surface area (Å²) in [6.07, 6.45) is 13.3. The van der Waals surface area contributed by atoms with E-state index < -0.39 is 8.32 Å². The fourth-order valence-electron chi connectivity index (χ4n) is 10.3. The molecule has 11 atom stereocenters. The van der Waals surface area contributed by atoms with Crippen LogP contribution in [-0.4, -0.2) is 25.6 Å². The van der Waals surface area contributed by atoms with Gasteiger partial charge in [-0.15, -0.1) is 0 Å². The Labute approximate surface area is 219 Å². The molecule has 4 saturated carbocycles. The fourth-order valence-corrected chi connectivity index (χ4v) is 11.7. The molecule has 4 rings (SSSR count). The molecule has 35 heavy (non-hydrogen) atoms. The molecule has 0 aromatic rings. The predicted octanol–water partition coefficient (Wildman–Crippen LogP) is 9.08. The SMILES string of the molecule is CCC[C@@H](C)[C@H]1CCC2C3C(O)[C@H](CC)[C@@H]4C[C@H](O[Si](C)(C)C(C)(C)C)CC[C@]4(C)C3CC[C@@]21C. The molecule has 4 fully saturated rings. The van der Waals surface area contributed by atoms with Gasteiger partial charge in [-0.25, -0.2) is 0 Å². The van der Waals surface area contributed by atoms with Crippen molar-refractivity contribution in [2.45, 2.75) is 150 Å². The van der Waals surface area contributed by atoms with Crippen molar-refractivity contribution in [2.24, 2.45) is 52.3 Å². The van der Waals surface area contributed by atoms with Gasteiger partial charge in [-0.1, -0.05) is 74.7 Å². The lowest BCUT2D eigenvalue weighted by Gasteiger charge is -2.65. The van der Waals surface area contributed by atoms with Gasteiger partial charge in [0.25, 0.3) is 0 Å². The Bertz CT molecular complexity index is 742. The number of rotatable bonds is 6. The Morgan fingerprint density at radius 2 is 1.57 bits per heavy atom. The third kappa shape index (κ3) is 4.54. The van der Waals surface area contributed by atoms with Crippen LogP contribution in [0.5, 0.6) is 0 Å². The van der Waals surface area contributed by atoms with Crippen molar-refractivity contribution >= 4 is 8.32 Å². The zero-order chi connectivity index (χ0) is 26.0. The van der Waals surface area contributed by atoms with Crippen LogP contribution in [0.4, 0.5) is 0 Å². The van der Waals surface area contributed by atoms with Gasteiger partial charge in [0, 0.05) is 6.10 Å². The van der Waals surface area contributed by atoms with Crippen LogP contribution in [0.1, 0.15) is 120 Å². The molecule has 0 aliphatic heterocycles. The number of aliphatic hydroxyl groups is 1. The minimum atomic E-state index is -1.77. The van der Waals surface area contributed by atoms with E-state index in [-0.39, 0.29) is 11.1 Å². The maximum atomic E-state index is 12.1. The van der Waals surface area contributed by atoms with E-state index in [1.165, 1.54) is 57.8 Å². The Kier molecular flexibility index (Phi) is 7.81. The summed E-state index contributed by atoms with van der Waals surface area (Å²) in [4.78, 5) is 0. The van der Waals surface area contributed by atoms with Gasteiger partial charge in [0.1, 0.15) is 0 Å². The van der Waals surface area contributed by atoms with Gasteiger partial charge < -0.3 is 9.53 Å². The lowest BCUT2D eigenvalue weighted by Crippen LogP contribution is -2.62. The molecule has 0 bridgehead atoms. The van der Waals surface area contributed by atoms with Crippen molar-refractivity contribution in [2.75, 3.05) is 0 Å². The lowest BCUT2D eigenvalue weighted by atomic mass is 9.41. The average molecular weight is 505 g/mol. The molecule has 3 heteroatoms. The summed E-state index contributed by atoms with van der Waals surface area (Å²) in [7, 11) is -1.77. The molecule has 0 amide bonds. The first-order valence-corrected chi connectivity index (χ1v) is 18.5. The van der Waals surface area contributed by atoms with Gasteiger partial charge in [0.05, 0.1) is 6.10 Å². The number of aliphatic hydroxyl groups excluding tert-OH is 1. The minimum absolute atomic E-state index is 0.112. The number of hydrogen-bond acceptors (Lipinski definition) is 2. The van der Waals surface area contributed by atoms with Crippen LogP contribution in [0.15, 0.2) is 0 Å². The summed E-state index contributed by atoms with van der Waals surface area (Å²) in [5.74, 6) is 4.72. The molecule has 0 radical (unpaired) electrons. The smallest absolute Gasteiger partial charge is 0.192 e. The summed E-state index contributed by atoms with van der Waals surface area (Å²) in [5, 5.41) is 12.4. The van der Waals surface area contributed by atoms with Gasteiger partial charge in [0.15, 0.2) is 8.32 Å². The van der Waals surface area contributed by atoms with Crippen LogP contribution < -0.4 is 0 Å². The highest BCUT2D eigenvalue weighted by molar-refractivity contribution is 6.74. The van der Waals surface area contributed by atoms with E-state index in [1.54, 1.807) is 0 Å². The third-order valence-corrected chi connectivity index (χ3v) is 17.7. The maximum absolute atomic E-state index is 12.1. The van der Waals surface area contributed by atoms with Gasteiger partial charge >= 0.3 is 0 Å². The molecular formula is C32H60O2Si. The van der Waals surface area contributed by atoms with Crippen LogP contribution in [0, 0.1) is 52.3 Å². The van der Waals surface area contributed by atoms with E-state index in [0.29, 0.717) is 40.6 Å². The van der Waals surface area contributed by atoms with Crippen LogP contribution in [0.3, 0.4) is 0 Å². The monoisotopic (exact) mass is 504 g/mol. The van der Waals surface area contributed by atoms with E-state index in [1.807, 2.05) is 0 Å². The fraction of sp³-hybridized carbons (Fsp3) is 1.00. The van der Waals surface area contributed by atoms with Crippen LogP contribution in [0.25, 0.3) is 0 Å². The van der Waals surface area contributed by atoms with Crippen molar-refractivity contribution in [1.82, 2.24) is 0 Å². The first kappa shape index (κ1) is 28.2. The first-order valence-electron chi connectivity index (χ1n) is 15.6. The summed E-state index contributed by atoms with van der Waals surface area (Å²) >= 11 is 0. The molecule has 0 aromatic heterocycles. The van der Waals surface area contributed by atoms with Crippen LogP contribution in [-0.2, 0) is 4.43 Å². The highest BCUT2D eigenvalue weighted by Crippen LogP contribution is 2.69. The third-order valence-electron chi connectivity index (χ3n) is 13.1. The molecule has 4 aliphatic carbocycles. The van der Waals surface area contributed by atoms with Crippen molar-refractivity contribution < 1.29 is 9.53 Å². The van der Waals surface area contributed by atoms with Crippen molar-refractivity contribution in [3.8, 4) is 0 Å². The Hall–Kier alpha value is 0.137. The van der Waals surface area contributed by atoms with Crippen molar-refractivity contribution in [3.05, 3.63) is 0 Å². The van der Waals surface area contributed by atoms with E-state index in [4.69, 9.17) is 4.43 Å². The maximum Gasteiger partial charge on any atom is 0.192 e. The standard InChI is InChI=1S/C32H60O2Si/c1-11-13-21(3)24-14-15-25-28-26(17-19-31(24,25)7)32(8)18-16-22(34-35(9,10)30(4,5)6)20-27(32)23(12-2)29(28)33/h21-29,33H,11-20H2,1-10H3/t21-,22-,23-,24-,25?,26?,27+,28?,29?,31-,32-/m1/s1. The van der Waals surface area contributed by atoms with Gasteiger partial charge in [0.2, 0.25) is 0 Å². The Morgan fingerprint density at radius 1 is 0.943 bits per heavy atom. The van der Waals surface area contributed by atoms with Gasteiger partial charge in [-0.05, 0) is 115 Å². The van der Waals surface area contributed by atoms with Crippen molar-refractivity contribution in [3.63, 3.8) is 0 Å². The second-order valence-corrected chi connectivity index (χ2v) is 20.5. The highest BCUT2D eigenvalue weighted by atomic mass is 28.4. The van der Waals surface area contributed by atoms with E-state index in [2.05, 4.69) is 68.5 Å². The molecule has 0 aromatic carbocycles. The molecule has 2 nitrogen and oxygen atoms in total. The summed E-state index contributed by atoms with van der Waals surface area (Å²) in [5.41, 5.74) is 0.827. The average Bonchev–Trinajstić information content (AvgIpc) is 3.11. The normalized spacial score (nSPS) is 47.1. The molecule has 1 N–H and O–H groups in total. The molecule has 0 heterocycles. The van der Waals surface area contributed by atoms with E-state index >= 15 is 0 Å². The van der Waals surface area contributed by atoms with Crippen LogP contribution >= 0.6 is 0 Å². The molecular weight excluding hydrogens is 444 g/mol. The topological polar surface area (TPSA) is 29.5 Å². The molecule has 0 spiro atoms. The second-order valence-electron chi connectivity index (χ2n) is 15.7. The van der Waals surface area contributed by atoms with Gasteiger partial charge in [-0.2, -0.15) is 0 Å². The minimum Gasteiger partial charge on any atom is -0.414 e. The predicted molar refractivity (Wildman–Crippen MR) is 152 cm³/mol. The van der Waals surface area contributed by atoms with Crippen LogP contribution in [0.2, 0.25) is 18.1 Å². The molecule has 4 aliphatic rings. The molecule has 204 valence electrons. The summed E-state index contributed by atoms with van der Waals surface area (Å²) in [6, 6.07) is 0. The first-order chi connectivity index (χ1) is 16.2. The quantitative estimate of drug-likeness (QED) is 0.365.